The van der Waals surface area contributed by atoms with Crippen LogP contribution in [-0.4, -0.2) is 28.8 Å². The third-order valence-electron chi connectivity index (χ3n) is 0.678. The van der Waals surface area contributed by atoms with Crippen molar-refractivity contribution in [2.45, 2.75) is 6.92 Å². The van der Waals surface area contributed by atoms with Crippen LogP contribution >= 0.6 is 17.0 Å². The van der Waals surface area contributed by atoms with Gasteiger partial charge in [0, 0.05) is 7.11 Å². The van der Waals surface area contributed by atoms with Crippen molar-refractivity contribution in [1.29, 1.82) is 0 Å². The van der Waals surface area contributed by atoms with E-state index in [1.54, 1.807) is 0 Å². The molecule has 0 rings (SSSR count). The summed E-state index contributed by atoms with van der Waals surface area (Å²) in [6.07, 6.45) is -0.0713. The van der Waals surface area contributed by atoms with Gasteiger partial charge in [-0.1, -0.05) is 0 Å². The van der Waals surface area contributed by atoms with E-state index < -0.39 is 17.0 Å². The quantitative estimate of drug-likeness (QED) is 0.407. The van der Waals surface area contributed by atoms with E-state index in [9.17, 15) is 4.79 Å². The Labute approximate surface area is 95.7 Å². The first-order valence-corrected chi connectivity index (χ1v) is 5.26. The zero-order valence-electron chi connectivity index (χ0n) is 7.22. The zero-order valence-corrected chi connectivity index (χ0v) is 11.0. The third kappa shape index (κ3) is 9.46. The molecule has 8 heteroatoms. The van der Waals surface area contributed by atoms with Crippen LogP contribution in [0.1, 0.15) is 6.92 Å². The molecule has 0 heterocycles. The molecular weight excluding hydrogens is 213 g/mol. The Morgan fingerprint density at radius 2 is 2.00 bits per heavy atom. The van der Waals surface area contributed by atoms with Crippen molar-refractivity contribution in [3.05, 3.63) is 0 Å². The minimum atomic E-state index is -2.02. The summed E-state index contributed by atoms with van der Waals surface area (Å²) in [5, 5.41) is 0. The molecule has 0 saturated heterocycles. The molecule has 0 aromatic carbocycles. The van der Waals surface area contributed by atoms with Gasteiger partial charge < -0.3 is 14.3 Å². The summed E-state index contributed by atoms with van der Waals surface area (Å²) < 4.78 is 8.85. The molecule has 0 amide bonds. The predicted molar refractivity (Wildman–Crippen MR) is 41.9 cm³/mol. The smallest absolute Gasteiger partial charge is 0.349 e. The van der Waals surface area contributed by atoms with Gasteiger partial charge in [0.05, 0.1) is 6.16 Å². The summed E-state index contributed by atoms with van der Waals surface area (Å²) >= 11 is 0. The van der Waals surface area contributed by atoms with Gasteiger partial charge in [0.2, 0.25) is 0 Å². The van der Waals surface area contributed by atoms with Gasteiger partial charge in [-0.3, -0.25) is 9.11 Å². The summed E-state index contributed by atoms with van der Waals surface area (Å²) in [5.74, 6) is -0.182. The van der Waals surface area contributed by atoms with E-state index in [4.69, 9.17) is 9.79 Å². The summed E-state index contributed by atoms with van der Waals surface area (Å²) in [7, 11) is -2.63. The van der Waals surface area contributed by atoms with E-state index in [-0.39, 0.29) is 41.5 Å². The van der Waals surface area contributed by atoms with Gasteiger partial charge in [0.1, 0.15) is 5.78 Å². The van der Waals surface area contributed by atoms with Crippen LogP contribution in [0, 0.1) is 0 Å². The number of Topliss-reactive ketones (excluding diaryl/α,β-unsaturated/α-hetero) is 1. The van der Waals surface area contributed by atoms with Crippen molar-refractivity contribution in [2.75, 3.05) is 13.3 Å². The first kappa shape index (κ1) is 15.8. The van der Waals surface area contributed by atoms with E-state index in [2.05, 4.69) is 8.83 Å². The fourth-order valence-electron chi connectivity index (χ4n) is 0.333. The molecular formula is C4H10NaO5P2+. The minimum Gasteiger partial charge on any atom is -0.349 e. The van der Waals surface area contributed by atoms with Crippen LogP contribution in [0.25, 0.3) is 0 Å². The molecule has 2 N–H and O–H groups in total. The molecule has 5 nitrogen and oxygen atoms in total. The second-order valence-electron chi connectivity index (χ2n) is 1.71. The second-order valence-corrected chi connectivity index (χ2v) is 4.23. The van der Waals surface area contributed by atoms with Crippen LogP contribution in [-0.2, 0) is 13.6 Å². The summed E-state index contributed by atoms with van der Waals surface area (Å²) in [5.41, 5.74) is 0. The van der Waals surface area contributed by atoms with Crippen LogP contribution in [0.5, 0.6) is 0 Å². The number of carbonyl (C=O) groups excluding carboxylic acids is 1. The Bertz CT molecular complexity index is 135. The maximum atomic E-state index is 10.4. The van der Waals surface area contributed by atoms with Crippen molar-refractivity contribution in [3.63, 3.8) is 0 Å². The average Bonchev–Trinajstić information content (AvgIpc) is 1.85. The maximum Gasteiger partial charge on any atom is 1.00 e. The molecule has 66 valence electrons. The average molecular weight is 223 g/mol. The Hall–Kier alpha value is 1.37. The first-order valence-electron chi connectivity index (χ1n) is 2.73. The first-order chi connectivity index (χ1) is 5.06. The molecule has 0 aromatic heterocycles. The Morgan fingerprint density at radius 3 is 2.33 bits per heavy atom. The molecule has 0 saturated carbocycles. The van der Waals surface area contributed by atoms with Gasteiger partial charge in [0.25, 0.3) is 0 Å². The standard InChI is InChI=1S/C4H10O5P2.Na/c1-4(5)3-10(6)9-11(7)8-2;/h6-7H,3H2,1-2H3;/q;+1. The van der Waals surface area contributed by atoms with Crippen molar-refractivity contribution in [2.24, 2.45) is 0 Å². The molecule has 2 unspecified atom stereocenters. The monoisotopic (exact) mass is 223 g/mol. The Kier molecular flexibility index (Phi) is 11.8. The van der Waals surface area contributed by atoms with Gasteiger partial charge >= 0.3 is 38.2 Å². The van der Waals surface area contributed by atoms with Crippen molar-refractivity contribution >= 4 is 22.8 Å². The van der Waals surface area contributed by atoms with Crippen LogP contribution in [0.15, 0.2) is 0 Å². The van der Waals surface area contributed by atoms with Crippen LogP contribution in [0.2, 0.25) is 0 Å². The third-order valence-corrected chi connectivity index (χ3v) is 3.02. The van der Waals surface area contributed by atoms with Crippen molar-refractivity contribution in [1.82, 2.24) is 0 Å². The second kappa shape index (κ2) is 8.95. The van der Waals surface area contributed by atoms with Crippen LogP contribution in [0.3, 0.4) is 0 Å². The molecule has 0 fully saturated rings. The van der Waals surface area contributed by atoms with Gasteiger partial charge in [-0.25, -0.2) is 0 Å². The number of hydrogen-bond donors (Lipinski definition) is 2. The normalized spacial score (nSPS) is 14.7. The minimum absolute atomic E-state index is 0. The SMILES string of the molecule is COP(O)OP(O)CC(C)=O.[Na+]. The molecule has 0 radical (unpaired) electrons. The summed E-state index contributed by atoms with van der Waals surface area (Å²) in [6, 6.07) is 0. The molecule has 2 atom stereocenters. The summed E-state index contributed by atoms with van der Waals surface area (Å²) in [4.78, 5) is 28.0. The number of carbonyl (C=O) groups is 1. The van der Waals surface area contributed by atoms with Crippen molar-refractivity contribution in [3.8, 4) is 0 Å². The fraction of sp³-hybridized carbons (Fsp3) is 0.750. The van der Waals surface area contributed by atoms with Gasteiger partial charge in [-0.2, -0.15) is 0 Å². The Morgan fingerprint density at radius 1 is 1.50 bits per heavy atom. The van der Waals surface area contributed by atoms with Crippen LogP contribution in [0.4, 0.5) is 0 Å². The molecule has 0 bridgehead atoms. The molecule has 0 aromatic rings. The number of hydrogen-bond acceptors (Lipinski definition) is 5. The Balaban J connectivity index is 0. The molecule has 12 heavy (non-hydrogen) atoms. The molecule has 0 aliphatic rings. The zero-order chi connectivity index (χ0) is 8.85. The van der Waals surface area contributed by atoms with Gasteiger partial charge in [-0.05, 0) is 6.92 Å². The van der Waals surface area contributed by atoms with Crippen molar-refractivity contribution < 1.29 is 53.0 Å². The number of rotatable bonds is 5. The number of ketones is 1. The van der Waals surface area contributed by atoms with E-state index >= 15 is 0 Å². The fourth-order valence-corrected chi connectivity index (χ4v) is 1.86. The molecule has 0 aliphatic heterocycles. The van der Waals surface area contributed by atoms with E-state index in [1.165, 1.54) is 14.0 Å². The van der Waals surface area contributed by atoms with Gasteiger partial charge in [-0.15, -0.1) is 0 Å². The van der Waals surface area contributed by atoms with E-state index in [0.717, 1.165) is 0 Å². The van der Waals surface area contributed by atoms with Crippen LogP contribution < -0.4 is 29.6 Å². The summed E-state index contributed by atoms with van der Waals surface area (Å²) in [6.45, 7) is 1.33. The maximum absolute atomic E-state index is 10.4. The van der Waals surface area contributed by atoms with E-state index in [0.29, 0.717) is 0 Å². The van der Waals surface area contributed by atoms with E-state index in [1.807, 2.05) is 0 Å². The molecule has 0 aliphatic carbocycles. The largest absolute Gasteiger partial charge is 1.00 e. The topological polar surface area (TPSA) is 76.0 Å². The molecule has 0 spiro atoms. The van der Waals surface area contributed by atoms with Gasteiger partial charge in [0.15, 0.2) is 8.38 Å². The predicted octanol–water partition coefficient (Wildman–Crippen LogP) is -2.23.